The van der Waals surface area contributed by atoms with Crippen LogP contribution in [0.5, 0.6) is 0 Å². The van der Waals surface area contributed by atoms with E-state index in [1.807, 2.05) is 12.1 Å². The lowest BCUT2D eigenvalue weighted by Gasteiger charge is -2.25. The van der Waals surface area contributed by atoms with E-state index in [4.69, 9.17) is 11.6 Å². The zero-order valence-corrected chi connectivity index (χ0v) is 11.9. The third-order valence-electron chi connectivity index (χ3n) is 3.48. The first-order valence-electron chi connectivity index (χ1n) is 6.58. The molecule has 0 bridgehead atoms. The van der Waals surface area contributed by atoms with E-state index in [1.165, 1.54) is 18.5 Å². The number of hydrogen-bond acceptors (Lipinski definition) is 3. The van der Waals surface area contributed by atoms with Crippen molar-refractivity contribution in [3.05, 3.63) is 23.2 Å². The Morgan fingerprint density at radius 3 is 2.72 bits per heavy atom. The van der Waals surface area contributed by atoms with E-state index < -0.39 is 0 Å². The van der Waals surface area contributed by atoms with E-state index in [2.05, 4.69) is 35.7 Å². The zero-order valence-electron chi connectivity index (χ0n) is 11.2. The number of benzene rings is 1. The van der Waals surface area contributed by atoms with Gasteiger partial charge in [-0.1, -0.05) is 11.6 Å². The van der Waals surface area contributed by atoms with Crippen molar-refractivity contribution in [1.82, 2.24) is 5.32 Å². The van der Waals surface area contributed by atoms with Crippen LogP contribution >= 0.6 is 11.6 Å². The number of nitrogens with one attached hydrogen (secondary N) is 2. The molecule has 2 N–H and O–H groups in total. The lowest BCUT2D eigenvalue weighted by atomic mass is 9.98. The van der Waals surface area contributed by atoms with Gasteiger partial charge in [-0.2, -0.15) is 0 Å². The molecular formula is C14H22ClN3. The lowest BCUT2D eigenvalue weighted by molar-refractivity contribution is 0.390. The van der Waals surface area contributed by atoms with Gasteiger partial charge in [0.15, 0.2) is 0 Å². The summed E-state index contributed by atoms with van der Waals surface area (Å²) in [6.45, 7) is 3.31. The first-order valence-corrected chi connectivity index (χ1v) is 6.96. The van der Waals surface area contributed by atoms with Crippen LogP contribution in [0.2, 0.25) is 5.02 Å². The largest absolute Gasteiger partial charge is 0.383 e. The Kier molecular flexibility index (Phi) is 4.72. The molecule has 0 atom stereocenters. The summed E-state index contributed by atoms with van der Waals surface area (Å²) in [6, 6.07) is 6.01. The maximum absolute atomic E-state index is 6.07. The van der Waals surface area contributed by atoms with Crippen molar-refractivity contribution in [3.63, 3.8) is 0 Å². The number of halogens is 1. The maximum Gasteiger partial charge on any atom is 0.0597 e. The SMILES string of the molecule is CN(C)c1ccc(Cl)cc1NCC1CCNCC1. The number of rotatable bonds is 4. The minimum Gasteiger partial charge on any atom is -0.383 e. The molecule has 3 nitrogen and oxygen atoms in total. The highest BCUT2D eigenvalue weighted by molar-refractivity contribution is 6.31. The van der Waals surface area contributed by atoms with Crippen LogP contribution in [0.25, 0.3) is 0 Å². The molecule has 1 aromatic rings. The highest BCUT2D eigenvalue weighted by atomic mass is 35.5. The highest BCUT2D eigenvalue weighted by Crippen LogP contribution is 2.28. The molecule has 1 fully saturated rings. The van der Waals surface area contributed by atoms with Gasteiger partial charge in [-0.15, -0.1) is 0 Å². The Bertz CT molecular complexity index is 387. The first kappa shape index (κ1) is 13.5. The van der Waals surface area contributed by atoms with Gasteiger partial charge in [0.2, 0.25) is 0 Å². The molecule has 1 heterocycles. The van der Waals surface area contributed by atoms with Crippen molar-refractivity contribution in [2.45, 2.75) is 12.8 Å². The standard InChI is InChI=1S/C14H22ClN3/c1-18(2)14-4-3-12(15)9-13(14)17-10-11-5-7-16-8-6-11/h3-4,9,11,16-17H,5-8,10H2,1-2H3. The molecule has 0 saturated carbocycles. The molecule has 0 spiro atoms. The van der Waals surface area contributed by atoms with Crippen LogP contribution in [0.15, 0.2) is 18.2 Å². The monoisotopic (exact) mass is 267 g/mol. The lowest BCUT2D eigenvalue weighted by Crippen LogP contribution is -2.31. The Labute approximate surface area is 115 Å². The Balaban J connectivity index is 2.00. The summed E-state index contributed by atoms with van der Waals surface area (Å²) in [5.74, 6) is 0.764. The molecule has 0 unspecified atom stereocenters. The van der Waals surface area contributed by atoms with Crippen LogP contribution in [0.4, 0.5) is 11.4 Å². The Morgan fingerprint density at radius 2 is 2.06 bits per heavy atom. The van der Waals surface area contributed by atoms with Crippen LogP contribution in [-0.2, 0) is 0 Å². The van der Waals surface area contributed by atoms with Gasteiger partial charge in [0.1, 0.15) is 0 Å². The Morgan fingerprint density at radius 1 is 1.33 bits per heavy atom. The molecular weight excluding hydrogens is 246 g/mol. The average Bonchev–Trinajstić information content (AvgIpc) is 2.37. The summed E-state index contributed by atoms with van der Waals surface area (Å²) in [5.41, 5.74) is 2.32. The van der Waals surface area contributed by atoms with Crippen molar-refractivity contribution < 1.29 is 0 Å². The summed E-state index contributed by atoms with van der Waals surface area (Å²) >= 11 is 6.07. The molecule has 0 aromatic heterocycles. The second kappa shape index (κ2) is 6.30. The van der Waals surface area contributed by atoms with E-state index in [-0.39, 0.29) is 0 Å². The van der Waals surface area contributed by atoms with E-state index in [0.717, 1.165) is 36.3 Å². The van der Waals surface area contributed by atoms with Crippen LogP contribution in [0, 0.1) is 5.92 Å². The van der Waals surface area contributed by atoms with E-state index in [9.17, 15) is 0 Å². The fraction of sp³-hybridized carbons (Fsp3) is 0.571. The van der Waals surface area contributed by atoms with Crippen molar-refractivity contribution in [1.29, 1.82) is 0 Å². The third-order valence-corrected chi connectivity index (χ3v) is 3.72. The molecule has 4 heteroatoms. The quantitative estimate of drug-likeness (QED) is 0.879. The second-order valence-corrected chi connectivity index (χ2v) is 5.57. The van der Waals surface area contributed by atoms with Gasteiger partial charge >= 0.3 is 0 Å². The van der Waals surface area contributed by atoms with Gasteiger partial charge in [-0.25, -0.2) is 0 Å². The van der Waals surface area contributed by atoms with Crippen LogP contribution in [-0.4, -0.2) is 33.7 Å². The smallest absolute Gasteiger partial charge is 0.0597 e. The van der Waals surface area contributed by atoms with Gasteiger partial charge in [0, 0.05) is 25.7 Å². The molecule has 2 rings (SSSR count). The molecule has 1 aliphatic heterocycles. The number of piperidine rings is 1. The maximum atomic E-state index is 6.07. The fourth-order valence-corrected chi connectivity index (χ4v) is 2.55. The van der Waals surface area contributed by atoms with Crippen LogP contribution in [0.3, 0.4) is 0 Å². The normalized spacial score (nSPS) is 16.6. The van der Waals surface area contributed by atoms with Gasteiger partial charge in [0.05, 0.1) is 11.4 Å². The van der Waals surface area contributed by atoms with Gasteiger partial charge in [0.25, 0.3) is 0 Å². The van der Waals surface area contributed by atoms with Crippen LogP contribution in [0.1, 0.15) is 12.8 Å². The Hall–Kier alpha value is -0.930. The molecule has 0 aliphatic carbocycles. The number of nitrogens with zero attached hydrogens (tertiary/aromatic N) is 1. The summed E-state index contributed by atoms with van der Waals surface area (Å²) in [6.07, 6.45) is 2.51. The van der Waals surface area contributed by atoms with Crippen LogP contribution < -0.4 is 15.5 Å². The fourth-order valence-electron chi connectivity index (χ4n) is 2.38. The average molecular weight is 268 g/mol. The van der Waals surface area contributed by atoms with Crippen molar-refractivity contribution in [2.75, 3.05) is 43.9 Å². The summed E-state index contributed by atoms with van der Waals surface area (Å²) in [7, 11) is 4.11. The third kappa shape index (κ3) is 3.53. The predicted octanol–water partition coefficient (Wildman–Crippen LogP) is 2.82. The molecule has 0 amide bonds. The molecule has 1 aliphatic rings. The summed E-state index contributed by atoms with van der Waals surface area (Å²) in [4.78, 5) is 2.11. The highest BCUT2D eigenvalue weighted by Gasteiger charge is 2.13. The number of anilines is 2. The molecule has 18 heavy (non-hydrogen) atoms. The molecule has 0 radical (unpaired) electrons. The molecule has 1 aromatic carbocycles. The van der Waals surface area contributed by atoms with E-state index in [0.29, 0.717) is 0 Å². The first-order chi connectivity index (χ1) is 8.66. The van der Waals surface area contributed by atoms with Gasteiger partial charge < -0.3 is 15.5 Å². The van der Waals surface area contributed by atoms with E-state index >= 15 is 0 Å². The minimum absolute atomic E-state index is 0.764. The number of hydrogen-bond donors (Lipinski definition) is 2. The van der Waals surface area contributed by atoms with Crippen molar-refractivity contribution in [2.24, 2.45) is 5.92 Å². The molecule has 100 valence electrons. The van der Waals surface area contributed by atoms with Crippen molar-refractivity contribution >= 4 is 23.0 Å². The van der Waals surface area contributed by atoms with Crippen molar-refractivity contribution in [3.8, 4) is 0 Å². The zero-order chi connectivity index (χ0) is 13.0. The van der Waals surface area contributed by atoms with Gasteiger partial charge in [-0.3, -0.25) is 0 Å². The van der Waals surface area contributed by atoms with Gasteiger partial charge in [-0.05, 0) is 50.0 Å². The summed E-state index contributed by atoms with van der Waals surface area (Å²) in [5, 5.41) is 7.73. The minimum atomic E-state index is 0.764. The van der Waals surface area contributed by atoms with E-state index in [1.54, 1.807) is 0 Å². The molecule has 1 saturated heterocycles. The topological polar surface area (TPSA) is 27.3 Å². The second-order valence-electron chi connectivity index (χ2n) is 5.13. The predicted molar refractivity (Wildman–Crippen MR) is 79.9 cm³/mol. The summed E-state index contributed by atoms with van der Waals surface area (Å²) < 4.78 is 0.